The maximum Gasteiger partial charge on any atom is 0.238 e. The monoisotopic (exact) mass is 289 g/mol. The first-order chi connectivity index (χ1) is 9.65. The summed E-state index contributed by atoms with van der Waals surface area (Å²) in [7, 11) is 0. The van der Waals surface area contributed by atoms with Crippen LogP contribution in [0.4, 0.5) is 5.69 Å². The summed E-state index contributed by atoms with van der Waals surface area (Å²) in [6.45, 7) is 2.23. The van der Waals surface area contributed by atoms with Crippen LogP contribution in [0.3, 0.4) is 0 Å². The molecular formula is C15H16ClN3O. The van der Waals surface area contributed by atoms with Gasteiger partial charge in [0.05, 0.1) is 6.54 Å². The molecule has 0 spiro atoms. The van der Waals surface area contributed by atoms with Gasteiger partial charge in [0, 0.05) is 29.1 Å². The molecule has 0 fully saturated rings. The third-order valence-corrected chi connectivity index (χ3v) is 3.12. The Morgan fingerprint density at radius 3 is 2.75 bits per heavy atom. The van der Waals surface area contributed by atoms with E-state index in [0.29, 0.717) is 10.7 Å². The highest BCUT2D eigenvalue weighted by Gasteiger charge is 2.07. The van der Waals surface area contributed by atoms with Crippen molar-refractivity contribution in [2.75, 3.05) is 11.9 Å². The molecule has 5 heteroatoms. The standard InChI is InChI=1S/C15H16ClN3O/c1-11(12-5-7-17-8-6-12)18-10-15(20)19-14-4-2-3-13(16)9-14/h2-9,11,18H,10H2,1H3,(H,19,20). The maximum absolute atomic E-state index is 11.8. The summed E-state index contributed by atoms with van der Waals surface area (Å²) in [5.74, 6) is -0.104. The first kappa shape index (κ1) is 14.5. The highest BCUT2D eigenvalue weighted by molar-refractivity contribution is 6.30. The Balaban J connectivity index is 1.83. The first-order valence-electron chi connectivity index (χ1n) is 6.34. The van der Waals surface area contributed by atoms with Crippen molar-refractivity contribution in [3.8, 4) is 0 Å². The molecule has 0 saturated heterocycles. The van der Waals surface area contributed by atoms with E-state index in [1.807, 2.05) is 19.1 Å². The zero-order chi connectivity index (χ0) is 14.4. The molecule has 2 N–H and O–H groups in total. The van der Waals surface area contributed by atoms with Gasteiger partial charge in [-0.3, -0.25) is 9.78 Å². The minimum Gasteiger partial charge on any atom is -0.325 e. The third-order valence-electron chi connectivity index (χ3n) is 2.88. The van der Waals surface area contributed by atoms with Gasteiger partial charge < -0.3 is 10.6 Å². The van der Waals surface area contributed by atoms with Crippen molar-refractivity contribution < 1.29 is 4.79 Å². The van der Waals surface area contributed by atoms with Gasteiger partial charge in [-0.05, 0) is 42.8 Å². The van der Waals surface area contributed by atoms with E-state index in [9.17, 15) is 4.79 Å². The topological polar surface area (TPSA) is 54.0 Å². The van der Waals surface area contributed by atoms with Crippen LogP contribution in [0, 0.1) is 0 Å². The number of hydrogen-bond donors (Lipinski definition) is 2. The highest BCUT2D eigenvalue weighted by atomic mass is 35.5. The number of halogens is 1. The lowest BCUT2D eigenvalue weighted by Crippen LogP contribution is -2.30. The summed E-state index contributed by atoms with van der Waals surface area (Å²) in [4.78, 5) is 15.8. The van der Waals surface area contributed by atoms with Crippen LogP contribution >= 0.6 is 11.6 Å². The van der Waals surface area contributed by atoms with Gasteiger partial charge in [-0.1, -0.05) is 17.7 Å². The molecule has 0 radical (unpaired) electrons. The Morgan fingerprint density at radius 1 is 1.30 bits per heavy atom. The quantitative estimate of drug-likeness (QED) is 0.889. The number of nitrogens with one attached hydrogen (secondary N) is 2. The number of carbonyl (C=O) groups is 1. The average molecular weight is 290 g/mol. The van der Waals surface area contributed by atoms with Crippen LogP contribution < -0.4 is 10.6 Å². The minimum absolute atomic E-state index is 0.0862. The third kappa shape index (κ3) is 4.33. The molecule has 0 aliphatic rings. The van der Waals surface area contributed by atoms with Crippen molar-refractivity contribution in [2.24, 2.45) is 0 Å². The van der Waals surface area contributed by atoms with E-state index in [1.54, 1.807) is 36.7 Å². The zero-order valence-corrected chi connectivity index (χ0v) is 11.9. The summed E-state index contributed by atoms with van der Waals surface area (Å²) in [6.07, 6.45) is 3.47. The zero-order valence-electron chi connectivity index (χ0n) is 11.1. The number of carbonyl (C=O) groups excluding carboxylic acids is 1. The molecule has 1 aromatic heterocycles. The summed E-state index contributed by atoms with van der Waals surface area (Å²) in [5, 5.41) is 6.55. The molecule has 4 nitrogen and oxygen atoms in total. The van der Waals surface area contributed by atoms with Crippen molar-refractivity contribution >= 4 is 23.2 Å². The molecular weight excluding hydrogens is 274 g/mol. The molecule has 1 heterocycles. The minimum atomic E-state index is -0.104. The molecule has 1 amide bonds. The fraction of sp³-hybridized carbons (Fsp3) is 0.200. The van der Waals surface area contributed by atoms with Gasteiger partial charge in [-0.2, -0.15) is 0 Å². The SMILES string of the molecule is CC(NCC(=O)Nc1cccc(Cl)c1)c1ccncc1. The van der Waals surface area contributed by atoms with Gasteiger partial charge in [0.25, 0.3) is 0 Å². The maximum atomic E-state index is 11.8. The Morgan fingerprint density at radius 2 is 2.05 bits per heavy atom. The molecule has 2 aromatic rings. The Kier molecular flexibility index (Phi) is 5.09. The van der Waals surface area contributed by atoms with Crippen molar-refractivity contribution in [1.29, 1.82) is 0 Å². The number of rotatable bonds is 5. The van der Waals surface area contributed by atoms with Crippen molar-refractivity contribution in [1.82, 2.24) is 10.3 Å². The molecule has 0 bridgehead atoms. The number of pyridine rings is 1. The van der Waals surface area contributed by atoms with Gasteiger partial charge in [0.1, 0.15) is 0 Å². The molecule has 2 rings (SSSR count). The molecule has 0 saturated carbocycles. The van der Waals surface area contributed by atoms with Crippen LogP contribution in [-0.4, -0.2) is 17.4 Å². The Hall–Kier alpha value is -1.91. The molecule has 0 aliphatic heterocycles. The molecule has 1 atom stereocenters. The van der Waals surface area contributed by atoms with Crippen LogP contribution in [0.2, 0.25) is 5.02 Å². The van der Waals surface area contributed by atoms with Gasteiger partial charge in [0.2, 0.25) is 5.91 Å². The average Bonchev–Trinajstić information content (AvgIpc) is 2.46. The van der Waals surface area contributed by atoms with E-state index in [0.717, 1.165) is 5.56 Å². The van der Waals surface area contributed by atoms with Crippen molar-refractivity contribution in [2.45, 2.75) is 13.0 Å². The fourth-order valence-corrected chi connectivity index (χ4v) is 1.98. The smallest absolute Gasteiger partial charge is 0.238 e. The number of nitrogens with zero attached hydrogens (tertiary/aromatic N) is 1. The first-order valence-corrected chi connectivity index (χ1v) is 6.71. The molecule has 1 aromatic carbocycles. The number of benzene rings is 1. The Labute approximate surface area is 123 Å². The van der Waals surface area contributed by atoms with E-state index in [1.165, 1.54) is 0 Å². The molecule has 1 unspecified atom stereocenters. The highest BCUT2D eigenvalue weighted by Crippen LogP contribution is 2.15. The summed E-state index contributed by atoms with van der Waals surface area (Å²) < 4.78 is 0. The largest absolute Gasteiger partial charge is 0.325 e. The van der Waals surface area contributed by atoms with Crippen molar-refractivity contribution in [3.63, 3.8) is 0 Å². The number of amides is 1. The molecule has 0 aliphatic carbocycles. The van der Waals surface area contributed by atoms with Gasteiger partial charge >= 0.3 is 0 Å². The second-order valence-corrected chi connectivity index (χ2v) is 4.88. The van der Waals surface area contributed by atoms with Crippen molar-refractivity contribution in [3.05, 3.63) is 59.4 Å². The van der Waals surface area contributed by atoms with Crippen LogP contribution in [0.5, 0.6) is 0 Å². The van der Waals surface area contributed by atoms with E-state index in [2.05, 4.69) is 15.6 Å². The number of aromatic nitrogens is 1. The lowest BCUT2D eigenvalue weighted by Gasteiger charge is -2.13. The van der Waals surface area contributed by atoms with Gasteiger partial charge in [-0.15, -0.1) is 0 Å². The summed E-state index contributed by atoms with van der Waals surface area (Å²) in [5.41, 5.74) is 1.79. The predicted molar refractivity (Wildman–Crippen MR) is 80.7 cm³/mol. The normalized spacial score (nSPS) is 11.9. The summed E-state index contributed by atoms with van der Waals surface area (Å²) >= 11 is 5.86. The predicted octanol–water partition coefficient (Wildman–Crippen LogP) is 3.02. The molecule has 104 valence electrons. The molecule has 20 heavy (non-hydrogen) atoms. The van der Waals surface area contributed by atoms with E-state index >= 15 is 0 Å². The van der Waals surface area contributed by atoms with E-state index in [-0.39, 0.29) is 18.5 Å². The number of hydrogen-bond acceptors (Lipinski definition) is 3. The second-order valence-electron chi connectivity index (χ2n) is 4.44. The fourth-order valence-electron chi connectivity index (χ4n) is 1.79. The van der Waals surface area contributed by atoms with Crippen LogP contribution in [0.15, 0.2) is 48.8 Å². The van der Waals surface area contributed by atoms with E-state index in [4.69, 9.17) is 11.6 Å². The van der Waals surface area contributed by atoms with E-state index < -0.39 is 0 Å². The summed E-state index contributed by atoms with van der Waals surface area (Å²) in [6, 6.07) is 11.0. The number of anilines is 1. The second kappa shape index (κ2) is 7.03. The lowest BCUT2D eigenvalue weighted by atomic mass is 10.1. The van der Waals surface area contributed by atoms with Gasteiger partial charge in [0.15, 0.2) is 0 Å². The lowest BCUT2D eigenvalue weighted by molar-refractivity contribution is -0.115. The van der Waals surface area contributed by atoms with Crippen LogP contribution in [-0.2, 0) is 4.79 Å². The van der Waals surface area contributed by atoms with Crippen LogP contribution in [0.25, 0.3) is 0 Å². The van der Waals surface area contributed by atoms with Crippen LogP contribution in [0.1, 0.15) is 18.5 Å². The van der Waals surface area contributed by atoms with Gasteiger partial charge in [-0.25, -0.2) is 0 Å². The Bertz CT molecular complexity index is 574.